The van der Waals surface area contributed by atoms with Gasteiger partial charge in [0, 0.05) is 4.88 Å². The van der Waals surface area contributed by atoms with Gasteiger partial charge in [0.15, 0.2) is 0 Å². The van der Waals surface area contributed by atoms with Gasteiger partial charge in [-0.25, -0.2) is 0 Å². The average molecular weight is 356 g/mol. The summed E-state index contributed by atoms with van der Waals surface area (Å²) in [5.74, 6) is -0.403. The van der Waals surface area contributed by atoms with Crippen LogP contribution in [-0.4, -0.2) is 34.2 Å². The predicted molar refractivity (Wildman–Crippen MR) is 94.7 cm³/mol. The van der Waals surface area contributed by atoms with Crippen LogP contribution in [0, 0.1) is 12.8 Å². The highest BCUT2D eigenvalue weighted by molar-refractivity contribution is 8.26. The van der Waals surface area contributed by atoms with Gasteiger partial charge in [-0.1, -0.05) is 37.8 Å². The molecule has 0 N–H and O–H groups in total. The molecule has 0 aromatic carbocycles. The number of aryl methyl sites for hydroxylation is 1. The van der Waals surface area contributed by atoms with E-state index in [-0.39, 0.29) is 18.4 Å². The lowest BCUT2D eigenvalue weighted by atomic mass is 10.2. The van der Waals surface area contributed by atoms with Crippen molar-refractivity contribution in [2.45, 2.75) is 20.8 Å². The molecule has 1 aromatic heterocycles. The molecule has 1 saturated heterocycles. The number of hydrogen-bond acceptors (Lipinski definition) is 6. The number of thiophene rings is 1. The fraction of sp³-hybridized carbons (Fsp3) is 0.400. The first-order valence-electron chi connectivity index (χ1n) is 6.83. The zero-order valence-corrected chi connectivity index (χ0v) is 15.1. The van der Waals surface area contributed by atoms with E-state index in [1.165, 1.54) is 16.7 Å². The molecule has 1 amide bonds. The van der Waals surface area contributed by atoms with E-state index in [2.05, 4.69) is 0 Å². The Labute approximate surface area is 143 Å². The van der Waals surface area contributed by atoms with Crippen LogP contribution in [0.25, 0.3) is 6.08 Å². The van der Waals surface area contributed by atoms with Gasteiger partial charge in [-0.3, -0.25) is 14.5 Å². The highest BCUT2D eigenvalue weighted by Gasteiger charge is 2.34. The van der Waals surface area contributed by atoms with Crippen LogP contribution in [0.3, 0.4) is 0 Å². The molecular weight excluding hydrogens is 338 g/mol. The van der Waals surface area contributed by atoms with Crippen molar-refractivity contribution in [2.75, 3.05) is 13.2 Å². The van der Waals surface area contributed by atoms with Crippen molar-refractivity contribution in [3.63, 3.8) is 0 Å². The zero-order valence-electron chi connectivity index (χ0n) is 12.6. The molecule has 2 rings (SSSR count). The summed E-state index contributed by atoms with van der Waals surface area (Å²) in [5, 5.41) is 1.98. The van der Waals surface area contributed by atoms with Crippen LogP contribution in [0.2, 0.25) is 0 Å². The normalized spacial score (nSPS) is 16.9. The molecule has 0 spiro atoms. The van der Waals surface area contributed by atoms with Gasteiger partial charge in [-0.05, 0) is 35.9 Å². The Kier molecular flexibility index (Phi) is 5.77. The molecule has 1 aliphatic rings. The van der Waals surface area contributed by atoms with Crippen molar-refractivity contribution in [1.29, 1.82) is 0 Å². The maximum atomic E-state index is 12.4. The lowest BCUT2D eigenvalue weighted by Gasteiger charge is -2.14. The number of carbonyl (C=O) groups is 2. The first kappa shape index (κ1) is 17.2. The quantitative estimate of drug-likeness (QED) is 0.460. The summed E-state index contributed by atoms with van der Waals surface area (Å²) >= 11 is 7.99. The second-order valence-corrected chi connectivity index (χ2v) is 7.94. The lowest BCUT2D eigenvalue weighted by molar-refractivity contribution is -0.147. The Morgan fingerprint density at radius 1 is 1.50 bits per heavy atom. The Morgan fingerprint density at radius 3 is 2.82 bits per heavy atom. The van der Waals surface area contributed by atoms with Gasteiger partial charge in [0.25, 0.3) is 5.91 Å². The van der Waals surface area contributed by atoms with Gasteiger partial charge in [-0.2, -0.15) is 0 Å². The molecule has 7 heteroatoms. The molecule has 1 fully saturated rings. The number of ether oxygens (including phenoxy) is 1. The van der Waals surface area contributed by atoms with Crippen LogP contribution in [0.1, 0.15) is 24.3 Å². The van der Waals surface area contributed by atoms with Crippen molar-refractivity contribution in [3.05, 3.63) is 26.8 Å². The molecule has 118 valence electrons. The summed E-state index contributed by atoms with van der Waals surface area (Å²) in [4.78, 5) is 27.0. The van der Waals surface area contributed by atoms with E-state index in [1.807, 2.05) is 38.3 Å². The number of carbonyl (C=O) groups excluding carboxylic acids is 2. The fourth-order valence-corrected chi connectivity index (χ4v) is 3.89. The summed E-state index contributed by atoms with van der Waals surface area (Å²) in [7, 11) is 0. The highest BCUT2D eigenvalue weighted by atomic mass is 32.2. The number of thiocarbonyl (C=S) groups is 1. The Morgan fingerprint density at radius 2 is 2.23 bits per heavy atom. The summed E-state index contributed by atoms with van der Waals surface area (Å²) in [6.45, 7) is 6.13. The number of hydrogen-bond donors (Lipinski definition) is 0. The third kappa shape index (κ3) is 4.18. The Balaban J connectivity index is 2.04. The SMILES string of the molecule is Cc1ccsc1/C=C1\SC(=S)N(CC(=O)OCC(C)C)C1=O. The van der Waals surface area contributed by atoms with Crippen LogP contribution in [0.4, 0.5) is 0 Å². The number of amides is 1. The van der Waals surface area contributed by atoms with Crippen molar-refractivity contribution in [2.24, 2.45) is 5.92 Å². The van der Waals surface area contributed by atoms with Gasteiger partial charge in [0.1, 0.15) is 10.9 Å². The standard InChI is InChI=1S/C15H17NO3S3/c1-9(2)8-19-13(17)7-16-14(18)12(22-15(16)20)6-11-10(3)4-5-21-11/h4-6,9H,7-8H2,1-3H3/b12-6-. The molecule has 4 nitrogen and oxygen atoms in total. The number of nitrogens with zero attached hydrogens (tertiary/aromatic N) is 1. The summed E-state index contributed by atoms with van der Waals surface area (Å²) in [6, 6.07) is 2.00. The Bertz CT molecular complexity index is 634. The molecular formula is C15H17NO3S3. The van der Waals surface area contributed by atoms with E-state index in [0.717, 1.165) is 10.4 Å². The molecule has 1 aromatic rings. The largest absolute Gasteiger partial charge is 0.464 e. The highest BCUT2D eigenvalue weighted by Crippen LogP contribution is 2.33. The van der Waals surface area contributed by atoms with Gasteiger partial charge < -0.3 is 4.74 Å². The molecule has 0 aliphatic carbocycles. The van der Waals surface area contributed by atoms with E-state index in [4.69, 9.17) is 17.0 Å². The van der Waals surface area contributed by atoms with Crippen LogP contribution in [0.15, 0.2) is 16.4 Å². The van der Waals surface area contributed by atoms with Gasteiger partial charge in [0.05, 0.1) is 11.5 Å². The molecule has 0 unspecified atom stereocenters. The average Bonchev–Trinajstić information content (AvgIpc) is 2.96. The van der Waals surface area contributed by atoms with Crippen molar-refractivity contribution in [1.82, 2.24) is 4.90 Å². The van der Waals surface area contributed by atoms with Crippen LogP contribution in [-0.2, 0) is 14.3 Å². The van der Waals surface area contributed by atoms with E-state index in [0.29, 0.717) is 15.8 Å². The van der Waals surface area contributed by atoms with Crippen molar-refractivity contribution >= 4 is 57.6 Å². The number of thioether (sulfide) groups is 1. The minimum absolute atomic E-state index is 0.127. The molecule has 0 atom stereocenters. The molecule has 1 aliphatic heterocycles. The maximum absolute atomic E-state index is 12.4. The maximum Gasteiger partial charge on any atom is 0.326 e. The summed E-state index contributed by atoms with van der Waals surface area (Å²) in [5.41, 5.74) is 1.12. The van der Waals surface area contributed by atoms with E-state index in [1.54, 1.807) is 11.3 Å². The van der Waals surface area contributed by atoms with Crippen LogP contribution >= 0.6 is 35.3 Å². The van der Waals surface area contributed by atoms with Crippen LogP contribution in [0.5, 0.6) is 0 Å². The third-order valence-corrected chi connectivity index (χ3v) is 5.25. The minimum Gasteiger partial charge on any atom is -0.464 e. The van der Waals surface area contributed by atoms with Gasteiger partial charge in [-0.15, -0.1) is 11.3 Å². The van der Waals surface area contributed by atoms with E-state index in [9.17, 15) is 9.59 Å². The first-order valence-corrected chi connectivity index (χ1v) is 8.94. The van der Waals surface area contributed by atoms with Crippen molar-refractivity contribution < 1.29 is 14.3 Å². The fourth-order valence-electron chi connectivity index (χ4n) is 1.72. The summed E-state index contributed by atoms with van der Waals surface area (Å²) in [6.07, 6.45) is 1.83. The van der Waals surface area contributed by atoms with Gasteiger partial charge in [0.2, 0.25) is 0 Å². The number of rotatable bonds is 5. The monoisotopic (exact) mass is 355 g/mol. The topological polar surface area (TPSA) is 46.6 Å². The zero-order chi connectivity index (χ0) is 16.3. The molecule has 2 heterocycles. The molecule has 0 saturated carbocycles. The van der Waals surface area contributed by atoms with E-state index < -0.39 is 5.97 Å². The molecule has 0 radical (unpaired) electrons. The summed E-state index contributed by atoms with van der Waals surface area (Å²) < 4.78 is 5.50. The molecule has 0 bridgehead atoms. The van der Waals surface area contributed by atoms with E-state index >= 15 is 0 Å². The lowest BCUT2D eigenvalue weighted by Crippen LogP contribution is -2.34. The first-order chi connectivity index (χ1) is 10.4. The van der Waals surface area contributed by atoms with Gasteiger partial charge >= 0.3 is 5.97 Å². The molecule has 22 heavy (non-hydrogen) atoms. The number of esters is 1. The Hall–Kier alpha value is -1.18. The van der Waals surface area contributed by atoms with Crippen molar-refractivity contribution in [3.8, 4) is 0 Å². The van der Waals surface area contributed by atoms with Crippen LogP contribution < -0.4 is 0 Å². The minimum atomic E-state index is -0.432. The third-order valence-electron chi connectivity index (χ3n) is 2.90. The second kappa shape index (κ2) is 7.39. The second-order valence-electron chi connectivity index (χ2n) is 5.31. The predicted octanol–water partition coefficient (Wildman–Crippen LogP) is 3.46. The smallest absolute Gasteiger partial charge is 0.326 e.